The predicted octanol–water partition coefficient (Wildman–Crippen LogP) is 3.53. The largest absolute Gasteiger partial charge is 0.417 e. The normalized spacial score (nSPS) is 10.8. The molecular formula is C8H5Cl3F3NO. The Bertz CT molecular complexity index is 420. The number of rotatable bonds is 1. The maximum absolute atomic E-state index is 12.3. The van der Waals surface area contributed by atoms with Gasteiger partial charge in [-0.05, 0) is 12.1 Å². The minimum atomic E-state index is -4.65. The summed E-state index contributed by atoms with van der Waals surface area (Å²) in [6.07, 6.45) is -4.65. The van der Waals surface area contributed by atoms with Crippen molar-refractivity contribution in [2.75, 3.05) is 0 Å². The summed E-state index contributed by atoms with van der Waals surface area (Å²) < 4.78 is 37.0. The molecule has 2 N–H and O–H groups in total. The molecule has 0 radical (unpaired) electrons. The van der Waals surface area contributed by atoms with E-state index in [1.54, 1.807) is 0 Å². The van der Waals surface area contributed by atoms with E-state index in [9.17, 15) is 18.0 Å². The second kappa shape index (κ2) is 5.12. The highest BCUT2D eigenvalue weighted by molar-refractivity contribution is 6.40. The third-order valence-electron chi connectivity index (χ3n) is 1.64. The van der Waals surface area contributed by atoms with Gasteiger partial charge in [-0.2, -0.15) is 13.2 Å². The van der Waals surface area contributed by atoms with Crippen molar-refractivity contribution in [2.45, 2.75) is 6.18 Å². The third-order valence-corrected chi connectivity index (χ3v) is 2.35. The molecule has 0 saturated heterocycles. The van der Waals surface area contributed by atoms with Crippen LogP contribution in [-0.2, 0) is 6.18 Å². The lowest BCUT2D eigenvalue weighted by molar-refractivity contribution is -0.137. The highest BCUT2D eigenvalue weighted by atomic mass is 35.5. The smallest absolute Gasteiger partial charge is 0.366 e. The van der Waals surface area contributed by atoms with Gasteiger partial charge in [0.15, 0.2) is 0 Å². The van der Waals surface area contributed by atoms with Crippen LogP contribution in [0, 0.1) is 0 Å². The number of nitrogens with two attached hydrogens (primary N) is 1. The SMILES string of the molecule is Cl.NC(=O)c1c(Cl)ccc(C(F)(F)F)c1Cl. The molecule has 0 bridgehead atoms. The molecule has 0 atom stereocenters. The molecule has 1 rings (SSSR count). The first-order valence-corrected chi connectivity index (χ1v) is 4.35. The molecule has 90 valence electrons. The lowest BCUT2D eigenvalue weighted by atomic mass is 10.1. The summed E-state index contributed by atoms with van der Waals surface area (Å²) in [5.74, 6) is -1.10. The lowest BCUT2D eigenvalue weighted by Gasteiger charge is -2.11. The van der Waals surface area contributed by atoms with E-state index in [2.05, 4.69) is 0 Å². The van der Waals surface area contributed by atoms with Crippen LogP contribution in [0.4, 0.5) is 13.2 Å². The van der Waals surface area contributed by atoms with E-state index >= 15 is 0 Å². The molecule has 2 nitrogen and oxygen atoms in total. The molecule has 8 heteroatoms. The molecule has 1 aromatic carbocycles. The molecule has 0 fully saturated rings. The Morgan fingerprint density at radius 3 is 2.12 bits per heavy atom. The summed E-state index contributed by atoms with van der Waals surface area (Å²) in [7, 11) is 0. The van der Waals surface area contributed by atoms with Crippen LogP contribution in [0.1, 0.15) is 15.9 Å². The van der Waals surface area contributed by atoms with E-state index in [1.165, 1.54) is 0 Å². The van der Waals surface area contributed by atoms with E-state index in [0.717, 1.165) is 6.07 Å². The number of amides is 1. The highest BCUT2D eigenvalue weighted by Gasteiger charge is 2.35. The quantitative estimate of drug-likeness (QED) is 0.846. The number of primary amides is 1. The zero-order valence-corrected chi connectivity index (χ0v) is 9.77. The summed E-state index contributed by atoms with van der Waals surface area (Å²) in [6.45, 7) is 0. The number of carbonyl (C=O) groups is 1. The van der Waals surface area contributed by atoms with Crippen molar-refractivity contribution in [3.63, 3.8) is 0 Å². The van der Waals surface area contributed by atoms with Crippen LogP contribution in [0.2, 0.25) is 10.0 Å². The maximum atomic E-state index is 12.3. The Morgan fingerprint density at radius 2 is 1.75 bits per heavy atom. The van der Waals surface area contributed by atoms with Crippen LogP contribution in [-0.4, -0.2) is 5.91 Å². The first-order valence-electron chi connectivity index (χ1n) is 3.60. The van der Waals surface area contributed by atoms with Crippen LogP contribution in [0.3, 0.4) is 0 Å². The fourth-order valence-corrected chi connectivity index (χ4v) is 1.66. The second-order valence-electron chi connectivity index (χ2n) is 2.65. The monoisotopic (exact) mass is 293 g/mol. The van der Waals surface area contributed by atoms with Gasteiger partial charge in [0.05, 0.1) is 21.2 Å². The Kier molecular flexibility index (Phi) is 4.91. The van der Waals surface area contributed by atoms with Gasteiger partial charge in [-0.15, -0.1) is 12.4 Å². The first kappa shape index (κ1) is 15.3. The van der Waals surface area contributed by atoms with Gasteiger partial charge in [0.1, 0.15) is 0 Å². The molecule has 0 heterocycles. The molecule has 1 aromatic rings. The van der Waals surface area contributed by atoms with Gasteiger partial charge >= 0.3 is 6.18 Å². The number of alkyl halides is 3. The number of carbonyl (C=O) groups excluding carboxylic acids is 1. The highest BCUT2D eigenvalue weighted by Crippen LogP contribution is 2.38. The zero-order chi connectivity index (χ0) is 11.8. The fraction of sp³-hybridized carbons (Fsp3) is 0.125. The molecule has 0 spiro atoms. The van der Waals surface area contributed by atoms with Gasteiger partial charge < -0.3 is 5.73 Å². The Hall–Kier alpha value is -0.650. The van der Waals surface area contributed by atoms with Crippen molar-refractivity contribution in [2.24, 2.45) is 5.73 Å². The average Bonchev–Trinajstić information content (AvgIpc) is 2.00. The molecule has 0 aliphatic rings. The van der Waals surface area contributed by atoms with Crippen LogP contribution in [0.5, 0.6) is 0 Å². The van der Waals surface area contributed by atoms with Crippen molar-refractivity contribution in [1.82, 2.24) is 0 Å². The molecule has 0 saturated carbocycles. The van der Waals surface area contributed by atoms with Crippen LogP contribution in [0.15, 0.2) is 12.1 Å². The van der Waals surface area contributed by atoms with E-state index in [1.807, 2.05) is 0 Å². The molecule has 0 aliphatic carbocycles. The van der Waals surface area contributed by atoms with E-state index < -0.39 is 28.2 Å². The number of halogens is 6. The third kappa shape index (κ3) is 2.93. The maximum Gasteiger partial charge on any atom is 0.417 e. The minimum absolute atomic E-state index is 0. The van der Waals surface area contributed by atoms with Gasteiger partial charge in [0.2, 0.25) is 0 Å². The number of benzene rings is 1. The summed E-state index contributed by atoms with van der Waals surface area (Å²) in [4.78, 5) is 10.8. The van der Waals surface area contributed by atoms with Gasteiger partial charge in [-0.1, -0.05) is 23.2 Å². The molecule has 16 heavy (non-hydrogen) atoms. The second-order valence-corrected chi connectivity index (χ2v) is 3.43. The Balaban J connectivity index is 0.00000225. The van der Waals surface area contributed by atoms with Crippen LogP contribution >= 0.6 is 35.6 Å². The van der Waals surface area contributed by atoms with Gasteiger partial charge in [0, 0.05) is 0 Å². The predicted molar refractivity (Wildman–Crippen MR) is 57.2 cm³/mol. The van der Waals surface area contributed by atoms with E-state index in [4.69, 9.17) is 28.9 Å². The van der Waals surface area contributed by atoms with Gasteiger partial charge in [0.25, 0.3) is 5.91 Å². The number of hydrogen-bond donors (Lipinski definition) is 1. The molecule has 0 aromatic heterocycles. The van der Waals surface area contributed by atoms with Crippen molar-refractivity contribution >= 4 is 41.5 Å². The van der Waals surface area contributed by atoms with Crippen molar-refractivity contribution in [1.29, 1.82) is 0 Å². The van der Waals surface area contributed by atoms with Crippen molar-refractivity contribution in [3.8, 4) is 0 Å². The Morgan fingerprint density at radius 1 is 1.25 bits per heavy atom. The molecule has 1 amide bonds. The van der Waals surface area contributed by atoms with Crippen molar-refractivity contribution in [3.05, 3.63) is 33.3 Å². The van der Waals surface area contributed by atoms with Gasteiger partial charge in [-0.25, -0.2) is 0 Å². The number of hydrogen-bond acceptors (Lipinski definition) is 1. The minimum Gasteiger partial charge on any atom is -0.366 e. The fourth-order valence-electron chi connectivity index (χ4n) is 0.997. The van der Waals surface area contributed by atoms with E-state index in [0.29, 0.717) is 6.07 Å². The summed E-state index contributed by atoms with van der Waals surface area (Å²) in [5.41, 5.74) is 3.20. The summed E-state index contributed by atoms with van der Waals surface area (Å²) in [5, 5.41) is -0.983. The molecule has 0 unspecified atom stereocenters. The van der Waals surface area contributed by atoms with E-state index in [-0.39, 0.29) is 17.4 Å². The van der Waals surface area contributed by atoms with Crippen LogP contribution in [0.25, 0.3) is 0 Å². The average molecular weight is 294 g/mol. The lowest BCUT2D eigenvalue weighted by Crippen LogP contribution is -2.15. The van der Waals surface area contributed by atoms with Crippen molar-refractivity contribution < 1.29 is 18.0 Å². The summed E-state index contributed by atoms with van der Waals surface area (Å²) in [6, 6.07) is 1.62. The standard InChI is InChI=1S/C8H4Cl2F3NO.ClH/c9-4-2-1-3(8(11,12)13)6(10)5(4)7(14)15;/h1-2H,(H2,14,15);1H. The first-order chi connectivity index (χ1) is 6.75. The topological polar surface area (TPSA) is 43.1 Å². The Labute approximate surface area is 105 Å². The molecule has 0 aliphatic heterocycles. The zero-order valence-electron chi connectivity index (χ0n) is 7.44. The van der Waals surface area contributed by atoms with Crippen LogP contribution < -0.4 is 5.73 Å². The molecular weight excluding hydrogens is 289 g/mol. The van der Waals surface area contributed by atoms with Gasteiger partial charge in [-0.3, -0.25) is 4.79 Å². The summed E-state index contributed by atoms with van der Waals surface area (Å²) >= 11 is 10.9.